The third-order valence-electron chi connectivity index (χ3n) is 8.49. The lowest BCUT2D eigenvalue weighted by Crippen LogP contribution is -2.57. The second-order valence-corrected chi connectivity index (χ2v) is 9.49. The number of fused-ring (bicyclic) bond motifs is 5. The zero-order valence-corrected chi connectivity index (χ0v) is 16.0. The molecule has 2 fully saturated rings. The Kier molecular flexibility index (Phi) is 3.92. The lowest BCUT2D eigenvalue weighted by atomic mass is 9.50. The first kappa shape index (κ1) is 18.1. The van der Waals surface area contributed by atoms with E-state index in [1.807, 2.05) is 19.9 Å². The van der Waals surface area contributed by atoms with Gasteiger partial charge in [-0.3, -0.25) is 9.59 Å². The van der Waals surface area contributed by atoms with Gasteiger partial charge in [0.2, 0.25) is 0 Å². The summed E-state index contributed by atoms with van der Waals surface area (Å²) >= 11 is 0. The molecule has 0 aromatic rings. The molecule has 0 saturated heterocycles. The molecule has 2 saturated carbocycles. The zero-order chi connectivity index (χ0) is 18.9. The Bertz CT molecular complexity index is 734. The fourth-order valence-electron chi connectivity index (χ4n) is 6.92. The maximum atomic E-state index is 12.5. The van der Waals surface area contributed by atoms with Gasteiger partial charge in [0, 0.05) is 17.3 Å². The first-order valence-electron chi connectivity index (χ1n) is 9.99. The Hall–Kier alpha value is -1.26. The summed E-state index contributed by atoms with van der Waals surface area (Å²) in [5, 5.41) is 20.9. The van der Waals surface area contributed by atoms with E-state index in [2.05, 4.69) is 13.0 Å². The van der Waals surface area contributed by atoms with Crippen molar-refractivity contribution in [2.45, 2.75) is 64.9 Å². The van der Waals surface area contributed by atoms with E-state index in [0.29, 0.717) is 18.8 Å². The molecule has 0 radical (unpaired) electrons. The number of ketones is 2. The number of hydrogen-bond acceptors (Lipinski definition) is 4. The third kappa shape index (κ3) is 2.03. The van der Waals surface area contributed by atoms with Gasteiger partial charge in [0.15, 0.2) is 11.6 Å². The van der Waals surface area contributed by atoms with E-state index in [-0.39, 0.29) is 23.0 Å². The summed E-state index contributed by atoms with van der Waals surface area (Å²) in [6.07, 6.45) is 9.00. The second kappa shape index (κ2) is 5.62. The van der Waals surface area contributed by atoms with Crippen LogP contribution in [0.2, 0.25) is 0 Å². The average Bonchev–Trinajstić information content (AvgIpc) is 2.83. The lowest BCUT2D eigenvalue weighted by molar-refractivity contribution is -0.161. The number of hydrogen-bond donors (Lipinski definition) is 2. The maximum Gasteiger partial charge on any atom is 0.190 e. The molecule has 0 heterocycles. The molecule has 26 heavy (non-hydrogen) atoms. The maximum absolute atomic E-state index is 12.5. The quantitative estimate of drug-likeness (QED) is 0.744. The van der Waals surface area contributed by atoms with Crippen LogP contribution >= 0.6 is 0 Å². The molecule has 2 N–H and O–H groups in total. The van der Waals surface area contributed by atoms with Gasteiger partial charge in [0.1, 0.15) is 12.2 Å². The standard InChI is InChI=1S/C22H30O4/c1-13-10-18-16-5-4-14-11-15(24)6-8-20(14,2)17(16)7-9-21(18,3)22(13,26)19(25)12-23/h7,11,13,16,18,23,26H,4-6,8-10,12H2,1-3H3/t13-,16?,18?,20-,21-,22-/m0/s1. The lowest BCUT2D eigenvalue weighted by Gasteiger charge is -2.54. The van der Waals surface area contributed by atoms with E-state index in [9.17, 15) is 19.8 Å². The van der Waals surface area contributed by atoms with E-state index < -0.39 is 23.4 Å². The summed E-state index contributed by atoms with van der Waals surface area (Å²) in [5.41, 5.74) is 0.685. The Morgan fingerprint density at radius 1 is 1.31 bits per heavy atom. The Labute approximate surface area is 155 Å². The van der Waals surface area contributed by atoms with Crippen molar-refractivity contribution in [3.8, 4) is 0 Å². The van der Waals surface area contributed by atoms with E-state index in [4.69, 9.17) is 0 Å². The van der Waals surface area contributed by atoms with Crippen molar-refractivity contribution in [1.29, 1.82) is 0 Å². The number of Topliss-reactive ketones (excluding diaryl/α,β-unsaturated/α-hetero) is 1. The van der Waals surface area contributed by atoms with Gasteiger partial charge in [0.05, 0.1) is 0 Å². The minimum Gasteiger partial charge on any atom is -0.388 e. The summed E-state index contributed by atoms with van der Waals surface area (Å²) in [6, 6.07) is 0. The van der Waals surface area contributed by atoms with Gasteiger partial charge in [0.25, 0.3) is 0 Å². The summed E-state index contributed by atoms with van der Waals surface area (Å²) < 4.78 is 0. The van der Waals surface area contributed by atoms with Crippen LogP contribution in [0.15, 0.2) is 23.3 Å². The van der Waals surface area contributed by atoms with Gasteiger partial charge in [-0.1, -0.05) is 38.0 Å². The highest BCUT2D eigenvalue weighted by molar-refractivity contribution is 5.92. The fourth-order valence-corrected chi connectivity index (χ4v) is 6.92. The molecule has 4 heteroatoms. The molecule has 0 amide bonds. The van der Waals surface area contributed by atoms with Crippen LogP contribution in [0.3, 0.4) is 0 Å². The first-order chi connectivity index (χ1) is 12.2. The van der Waals surface area contributed by atoms with Crippen molar-refractivity contribution in [2.75, 3.05) is 6.61 Å². The molecule has 0 aliphatic heterocycles. The van der Waals surface area contributed by atoms with Crippen molar-refractivity contribution >= 4 is 11.6 Å². The first-order valence-corrected chi connectivity index (χ1v) is 9.99. The number of aliphatic hydroxyl groups is 2. The van der Waals surface area contributed by atoms with E-state index in [0.717, 1.165) is 25.7 Å². The van der Waals surface area contributed by atoms with Gasteiger partial charge in [-0.15, -0.1) is 0 Å². The topological polar surface area (TPSA) is 74.6 Å². The molecule has 0 aromatic carbocycles. The highest BCUT2D eigenvalue weighted by atomic mass is 16.3. The van der Waals surface area contributed by atoms with Crippen molar-refractivity contribution in [3.63, 3.8) is 0 Å². The van der Waals surface area contributed by atoms with E-state index >= 15 is 0 Å². The SMILES string of the molecule is C[C@H]1CC2C3CCC4=CC(=O)CC[C@]4(C)C3=CC[C@]2(C)[C@@]1(O)C(=O)CO. The summed E-state index contributed by atoms with van der Waals surface area (Å²) in [5.74, 6) is 0.260. The predicted molar refractivity (Wildman–Crippen MR) is 98.3 cm³/mol. The normalized spacial score (nSPS) is 47.4. The summed E-state index contributed by atoms with van der Waals surface area (Å²) in [6.45, 7) is 5.67. The van der Waals surface area contributed by atoms with Crippen LogP contribution in [0.25, 0.3) is 0 Å². The monoisotopic (exact) mass is 358 g/mol. The van der Waals surface area contributed by atoms with Crippen LogP contribution in [0, 0.1) is 28.6 Å². The zero-order valence-electron chi connectivity index (χ0n) is 16.0. The van der Waals surface area contributed by atoms with Gasteiger partial charge in [-0.25, -0.2) is 0 Å². The van der Waals surface area contributed by atoms with Crippen LogP contribution in [-0.4, -0.2) is 34.0 Å². The van der Waals surface area contributed by atoms with Crippen LogP contribution in [-0.2, 0) is 9.59 Å². The number of rotatable bonds is 2. The molecule has 6 atom stereocenters. The molecular formula is C22H30O4. The van der Waals surface area contributed by atoms with Crippen LogP contribution in [0.1, 0.15) is 59.3 Å². The molecule has 4 nitrogen and oxygen atoms in total. The average molecular weight is 358 g/mol. The second-order valence-electron chi connectivity index (χ2n) is 9.49. The van der Waals surface area contributed by atoms with Gasteiger partial charge >= 0.3 is 0 Å². The van der Waals surface area contributed by atoms with E-state index in [1.165, 1.54) is 11.1 Å². The fraction of sp³-hybridized carbons (Fsp3) is 0.727. The van der Waals surface area contributed by atoms with Crippen molar-refractivity contribution in [1.82, 2.24) is 0 Å². The van der Waals surface area contributed by atoms with Crippen LogP contribution < -0.4 is 0 Å². The van der Waals surface area contributed by atoms with Crippen LogP contribution in [0.5, 0.6) is 0 Å². The van der Waals surface area contributed by atoms with Crippen molar-refractivity contribution < 1.29 is 19.8 Å². The molecule has 4 rings (SSSR count). The Morgan fingerprint density at radius 2 is 2.04 bits per heavy atom. The molecule has 2 unspecified atom stereocenters. The molecule has 0 spiro atoms. The largest absolute Gasteiger partial charge is 0.388 e. The molecule has 0 aromatic heterocycles. The number of carbonyl (C=O) groups excluding carboxylic acids is 2. The Balaban J connectivity index is 1.78. The number of allylic oxidation sites excluding steroid dienone is 4. The van der Waals surface area contributed by atoms with Crippen LogP contribution in [0.4, 0.5) is 0 Å². The Morgan fingerprint density at radius 3 is 2.73 bits per heavy atom. The van der Waals surface area contributed by atoms with Gasteiger partial charge in [-0.05, 0) is 55.9 Å². The molecule has 0 bridgehead atoms. The number of carbonyl (C=O) groups is 2. The predicted octanol–water partition coefficient (Wildman–Crippen LogP) is 2.98. The highest BCUT2D eigenvalue weighted by Crippen LogP contribution is 2.66. The van der Waals surface area contributed by atoms with Crippen molar-refractivity contribution in [3.05, 3.63) is 23.3 Å². The molecule has 4 aliphatic rings. The summed E-state index contributed by atoms with van der Waals surface area (Å²) in [7, 11) is 0. The third-order valence-corrected chi connectivity index (χ3v) is 8.49. The summed E-state index contributed by atoms with van der Waals surface area (Å²) in [4.78, 5) is 24.4. The number of aliphatic hydroxyl groups excluding tert-OH is 1. The van der Waals surface area contributed by atoms with Crippen molar-refractivity contribution in [2.24, 2.45) is 28.6 Å². The van der Waals surface area contributed by atoms with Gasteiger partial charge < -0.3 is 10.2 Å². The highest BCUT2D eigenvalue weighted by Gasteiger charge is 2.67. The molecule has 4 aliphatic carbocycles. The molecule has 142 valence electrons. The minimum absolute atomic E-state index is 0.0386. The smallest absolute Gasteiger partial charge is 0.190 e. The van der Waals surface area contributed by atoms with Gasteiger partial charge in [-0.2, -0.15) is 0 Å². The molecular weight excluding hydrogens is 328 g/mol. The minimum atomic E-state index is -1.45. The van der Waals surface area contributed by atoms with E-state index in [1.54, 1.807) is 0 Å².